The molecule has 4 nitrogen and oxygen atoms in total. The fraction of sp³-hybridized carbons (Fsp3) is 0.174. The van der Waals surface area contributed by atoms with E-state index in [0.717, 1.165) is 16.8 Å². The van der Waals surface area contributed by atoms with Gasteiger partial charge in [0.1, 0.15) is 6.04 Å². The highest BCUT2D eigenvalue weighted by Gasteiger charge is 2.34. The number of fused-ring (bicyclic) bond motifs is 4. The van der Waals surface area contributed by atoms with Gasteiger partial charge in [-0.1, -0.05) is 60.7 Å². The van der Waals surface area contributed by atoms with Crippen LogP contribution in [0.15, 0.2) is 66.7 Å². The molecule has 1 aromatic heterocycles. The minimum Gasteiger partial charge on any atom is -0.468 e. The van der Waals surface area contributed by atoms with E-state index in [-0.39, 0.29) is 18.1 Å². The summed E-state index contributed by atoms with van der Waals surface area (Å²) in [6, 6.07) is 22.5. The number of aromatic amines is 1. The number of rotatable bonds is 2. The number of nitrogens with one attached hydrogen (secondary N) is 2. The number of hydrogen-bond donors (Lipinski definition) is 2. The van der Waals surface area contributed by atoms with Crippen LogP contribution in [0.2, 0.25) is 0 Å². The Hall–Kier alpha value is -3.11. The second kappa shape index (κ2) is 6.25. The first-order valence-corrected chi connectivity index (χ1v) is 9.17. The number of methoxy groups -OCH3 is 1. The highest BCUT2D eigenvalue weighted by molar-refractivity contribution is 5.90. The van der Waals surface area contributed by atoms with Gasteiger partial charge in [-0.15, -0.1) is 0 Å². The van der Waals surface area contributed by atoms with Crippen molar-refractivity contribution in [2.24, 2.45) is 0 Å². The maximum Gasteiger partial charge on any atom is 0.323 e. The van der Waals surface area contributed by atoms with Crippen LogP contribution in [0.3, 0.4) is 0 Å². The smallest absolute Gasteiger partial charge is 0.323 e. The van der Waals surface area contributed by atoms with Gasteiger partial charge >= 0.3 is 5.97 Å². The minimum atomic E-state index is -0.370. The van der Waals surface area contributed by atoms with E-state index in [4.69, 9.17) is 4.74 Å². The number of hydrogen-bond acceptors (Lipinski definition) is 3. The van der Waals surface area contributed by atoms with Crippen molar-refractivity contribution in [1.29, 1.82) is 0 Å². The summed E-state index contributed by atoms with van der Waals surface area (Å²) < 4.78 is 5.05. The number of aromatic nitrogens is 1. The second-order valence-electron chi connectivity index (χ2n) is 7.01. The predicted octanol–water partition coefficient (Wildman–Crippen LogP) is 4.10. The Balaban J connectivity index is 1.75. The molecule has 0 saturated carbocycles. The molecular weight excluding hydrogens is 336 g/mol. The van der Waals surface area contributed by atoms with Crippen LogP contribution in [-0.4, -0.2) is 24.1 Å². The highest BCUT2D eigenvalue weighted by atomic mass is 16.5. The standard InChI is InChI=1S/C23H20N2O2/c1-27-23(26)20-13-18-16-10-4-5-12-19(16)24-22(18)21(25-20)17-11-6-8-14-7-2-3-9-15(14)17/h2-12,20-21,24-25H,13H2,1H3/t20-,21?/m0/s1. The van der Waals surface area contributed by atoms with Crippen LogP contribution in [0.5, 0.6) is 0 Å². The number of para-hydroxylation sites is 1. The Morgan fingerprint density at radius 2 is 1.70 bits per heavy atom. The molecular formula is C23H20N2O2. The van der Waals surface area contributed by atoms with Crippen LogP contribution in [0.25, 0.3) is 21.7 Å². The zero-order chi connectivity index (χ0) is 18.4. The first kappa shape index (κ1) is 16.1. The summed E-state index contributed by atoms with van der Waals surface area (Å²) in [4.78, 5) is 16.0. The van der Waals surface area contributed by atoms with Crippen LogP contribution >= 0.6 is 0 Å². The average Bonchev–Trinajstić information content (AvgIpc) is 3.11. The van der Waals surface area contributed by atoms with Crippen molar-refractivity contribution in [2.45, 2.75) is 18.5 Å². The quantitative estimate of drug-likeness (QED) is 0.532. The molecule has 0 bridgehead atoms. The van der Waals surface area contributed by atoms with Gasteiger partial charge in [-0.05, 0) is 28.0 Å². The molecule has 0 spiro atoms. The van der Waals surface area contributed by atoms with Gasteiger partial charge in [0, 0.05) is 23.0 Å². The maximum absolute atomic E-state index is 12.4. The molecule has 1 aliphatic heterocycles. The van der Waals surface area contributed by atoms with Crippen molar-refractivity contribution >= 4 is 27.6 Å². The molecule has 0 amide bonds. The summed E-state index contributed by atoms with van der Waals surface area (Å²) in [5.41, 5.74) is 4.58. The number of H-pyrrole nitrogens is 1. The predicted molar refractivity (Wildman–Crippen MR) is 107 cm³/mol. The van der Waals surface area contributed by atoms with Gasteiger partial charge in [0.15, 0.2) is 0 Å². The largest absolute Gasteiger partial charge is 0.468 e. The van der Waals surface area contributed by atoms with Crippen LogP contribution in [0.4, 0.5) is 0 Å². The zero-order valence-corrected chi connectivity index (χ0v) is 15.0. The minimum absolute atomic E-state index is 0.101. The third-order valence-corrected chi connectivity index (χ3v) is 5.53. The molecule has 3 aromatic carbocycles. The van der Waals surface area contributed by atoms with E-state index >= 15 is 0 Å². The van der Waals surface area contributed by atoms with E-state index in [2.05, 4.69) is 58.8 Å². The summed E-state index contributed by atoms with van der Waals surface area (Å²) in [6.45, 7) is 0. The lowest BCUT2D eigenvalue weighted by atomic mass is 9.88. The first-order valence-electron chi connectivity index (χ1n) is 9.17. The molecule has 2 N–H and O–H groups in total. The van der Waals surface area contributed by atoms with Crippen molar-refractivity contribution < 1.29 is 9.53 Å². The molecule has 0 saturated heterocycles. The summed E-state index contributed by atoms with van der Waals surface area (Å²) in [7, 11) is 1.45. The molecule has 4 heteroatoms. The summed E-state index contributed by atoms with van der Waals surface area (Å²) in [6.07, 6.45) is 0.618. The van der Waals surface area contributed by atoms with E-state index in [9.17, 15) is 4.79 Å². The summed E-state index contributed by atoms with van der Waals surface area (Å²) >= 11 is 0. The van der Waals surface area contributed by atoms with Crippen molar-refractivity contribution in [3.05, 3.63) is 83.6 Å². The molecule has 1 aliphatic rings. The van der Waals surface area contributed by atoms with Gasteiger partial charge in [0.25, 0.3) is 0 Å². The van der Waals surface area contributed by atoms with Gasteiger partial charge in [0.2, 0.25) is 0 Å². The molecule has 0 aliphatic carbocycles. The van der Waals surface area contributed by atoms with Crippen molar-refractivity contribution in [1.82, 2.24) is 10.3 Å². The van der Waals surface area contributed by atoms with Crippen LogP contribution in [0.1, 0.15) is 22.9 Å². The molecule has 5 rings (SSSR count). The van der Waals surface area contributed by atoms with Crippen LogP contribution in [-0.2, 0) is 16.0 Å². The fourth-order valence-corrected chi connectivity index (χ4v) is 4.28. The van der Waals surface area contributed by atoms with Crippen molar-refractivity contribution in [2.75, 3.05) is 7.11 Å². The SMILES string of the molecule is COC(=O)[C@@H]1Cc2c([nH]c3ccccc23)C(c2cccc3ccccc23)N1. The third kappa shape index (κ3) is 2.53. The molecule has 27 heavy (non-hydrogen) atoms. The Bertz CT molecular complexity index is 1160. The van der Waals surface area contributed by atoms with Gasteiger partial charge in [-0.25, -0.2) is 0 Å². The normalized spacial score (nSPS) is 19.1. The topological polar surface area (TPSA) is 54.1 Å². The van der Waals surface area contributed by atoms with Gasteiger partial charge in [0.05, 0.1) is 13.2 Å². The molecule has 2 atom stereocenters. The van der Waals surface area contributed by atoms with Crippen molar-refractivity contribution in [3.63, 3.8) is 0 Å². The van der Waals surface area contributed by atoms with Gasteiger partial charge in [-0.3, -0.25) is 10.1 Å². The number of benzene rings is 3. The zero-order valence-electron chi connectivity index (χ0n) is 15.0. The van der Waals surface area contributed by atoms with Crippen LogP contribution < -0.4 is 5.32 Å². The first-order chi connectivity index (χ1) is 13.3. The van der Waals surface area contributed by atoms with Gasteiger partial charge in [-0.2, -0.15) is 0 Å². The molecule has 0 fully saturated rings. The third-order valence-electron chi connectivity index (χ3n) is 5.53. The van der Waals surface area contributed by atoms with Crippen LogP contribution in [0, 0.1) is 0 Å². The second-order valence-corrected chi connectivity index (χ2v) is 7.01. The summed E-state index contributed by atoms with van der Waals surface area (Å²) in [5, 5.41) is 7.08. The lowest BCUT2D eigenvalue weighted by Crippen LogP contribution is -2.45. The Labute approximate surface area is 157 Å². The van der Waals surface area contributed by atoms with E-state index in [1.807, 2.05) is 18.2 Å². The van der Waals surface area contributed by atoms with Crippen molar-refractivity contribution in [3.8, 4) is 0 Å². The molecule has 2 heterocycles. The molecule has 1 unspecified atom stereocenters. The summed E-state index contributed by atoms with van der Waals surface area (Å²) in [5.74, 6) is -0.226. The Morgan fingerprint density at radius 1 is 0.963 bits per heavy atom. The molecule has 0 radical (unpaired) electrons. The monoisotopic (exact) mass is 356 g/mol. The van der Waals surface area contributed by atoms with Gasteiger partial charge < -0.3 is 9.72 Å². The number of ether oxygens (including phenoxy) is 1. The Kier molecular flexibility index (Phi) is 3.73. The number of carbonyl (C=O) groups excluding carboxylic acids is 1. The highest BCUT2D eigenvalue weighted by Crippen LogP contribution is 2.37. The number of carbonyl (C=O) groups is 1. The van der Waals surface area contributed by atoms with E-state index in [0.29, 0.717) is 6.42 Å². The molecule has 4 aromatic rings. The maximum atomic E-state index is 12.4. The lowest BCUT2D eigenvalue weighted by Gasteiger charge is -2.31. The van der Waals surface area contributed by atoms with E-state index < -0.39 is 0 Å². The average molecular weight is 356 g/mol. The van der Waals surface area contributed by atoms with E-state index in [1.54, 1.807) is 0 Å². The van der Waals surface area contributed by atoms with E-state index in [1.165, 1.54) is 28.8 Å². The number of esters is 1. The lowest BCUT2D eigenvalue weighted by molar-refractivity contribution is -0.143. The fourth-order valence-electron chi connectivity index (χ4n) is 4.28. The Morgan fingerprint density at radius 3 is 2.56 bits per heavy atom. The molecule has 134 valence electrons.